The Morgan fingerprint density at radius 3 is 2.55 bits per heavy atom. The Bertz CT molecular complexity index is 619. The summed E-state index contributed by atoms with van der Waals surface area (Å²) in [5, 5.41) is 21.8. The predicted molar refractivity (Wildman–Crippen MR) is 77.1 cm³/mol. The zero-order valence-corrected chi connectivity index (χ0v) is 12.1. The molecule has 20 heavy (non-hydrogen) atoms. The molecule has 104 valence electrons. The van der Waals surface area contributed by atoms with Crippen LogP contribution in [0.4, 0.5) is 0 Å². The number of nitrogens with zero attached hydrogens (tertiary/aromatic N) is 1. The number of nitriles is 1. The minimum Gasteiger partial charge on any atom is -0.493 e. The van der Waals surface area contributed by atoms with E-state index >= 15 is 0 Å². The number of benzene rings is 1. The van der Waals surface area contributed by atoms with Crippen molar-refractivity contribution in [2.24, 2.45) is 0 Å². The maximum atomic E-state index is 10.9. The monoisotopic (exact) mass is 289 g/mol. The van der Waals surface area contributed by atoms with Crippen LogP contribution in [0.5, 0.6) is 11.5 Å². The van der Waals surface area contributed by atoms with Crippen LogP contribution in [0.15, 0.2) is 35.7 Å². The number of methoxy groups -OCH3 is 2. The molecule has 0 aliphatic carbocycles. The third-order valence-corrected chi connectivity index (χ3v) is 4.15. The first-order valence-electron chi connectivity index (χ1n) is 6.01. The zero-order valence-electron chi connectivity index (χ0n) is 11.3. The van der Waals surface area contributed by atoms with Crippen molar-refractivity contribution in [2.45, 2.75) is 12.0 Å². The first-order chi connectivity index (χ1) is 9.65. The van der Waals surface area contributed by atoms with Crippen molar-refractivity contribution in [3.8, 4) is 17.6 Å². The summed E-state index contributed by atoms with van der Waals surface area (Å²) in [4.78, 5) is 0.728. The van der Waals surface area contributed by atoms with E-state index in [1.807, 2.05) is 23.6 Å². The van der Waals surface area contributed by atoms with E-state index in [1.54, 1.807) is 25.3 Å². The van der Waals surface area contributed by atoms with E-state index in [2.05, 4.69) is 0 Å². The van der Waals surface area contributed by atoms with Crippen LogP contribution >= 0.6 is 11.3 Å². The molecule has 0 saturated carbocycles. The van der Waals surface area contributed by atoms with Crippen molar-refractivity contribution in [3.05, 3.63) is 46.2 Å². The second-order valence-electron chi connectivity index (χ2n) is 4.24. The van der Waals surface area contributed by atoms with Gasteiger partial charge in [-0.1, -0.05) is 12.1 Å². The predicted octanol–water partition coefficient (Wildman–Crippen LogP) is 2.91. The normalized spacial score (nSPS) is 13.3. The Morgan fingerprint density at radius 1 is 1.25 bits per heavy atom. The van der Waals surface area contributed by atoms with E-state index < -0.39 is 5.60 Å². The van der Waals surface area contributed by atoms with Crippen LogP contribution in [-0.4, -0.2) is 19.3 Å². The van der Waals surface area contributed by atoms with E-state index in [1.165, 1.54) is 18.4 Å². The fraction of sp³-hybridized carbons (Fsp3) is 0.267. The fourth-order valence-electron chi connectivity index (χ4n) is 2.05. The van der Waals surface area contributed by atoms with Gasteiger partial charge in [-0.2, -0.15) is 5.26 Å². The van der Waals surface area contributed by atoms with Crippen LogP contribution in [0, 0.1) is 11.3 Å². The minimum absolute atomic E-state index is 0.0248. The van der Waals surface area contributed by atoms with E-state index in [-0.39, 0.29) is 6.42 Å². The lowest BCUT2D eigenvalue weighted by atomic mass is 9.89. The number of rotatable bonds is 5. The lowest BCUT2D eigenvalue weighted by Crippen LogP contribution is -2.25. The summed E-state index contributed by atoms with van der Waals surface area (Å²) in [7, 11) is 3.09. The number of aliphatic hydroxyl groups is 1. The molecule has 5 heteroatoms. The van der Waals surface area contributed by atoms with Gasteiger partial charge in [0.05, 0.1) is 26.7 Å². The Balaban J connectivity index is 2.53. The molecule has 1 atom stereocenters. The Hall–Kier alpha value is -2.03. The average Bonchev–Trinajstić information content (AvgIpc) is 3.01. The quantitative estimate of drug-likeness (QED) is 0.919. The van der Waals surface area contributed by atoms with Crippen molar-refractivity contribution >= 4 is 11.3 Å². The van der Waals surface area contributed by atoms with Crippen molar-refractivity contribution in [1.29, 1.82) is 5.26 Å². The molecule has 4 nitrogen and oxygen atoms in total. The summed E-state index contributed by atoms with van der Waals surface area (Å²) in [6.45, 7) is 0. The molecule has 1 N–H and O–H groups in total. The highest BCUT2D eigenvalue weighted by atomic mass is 32.1. The fourth-order valence-corrected chi connectivity index (χ4v) is 2.90. The van der Waals surface area contributed by atoms with Crippen LogP contribution in [-0.2, 0) is 5.60 Å². The van der Waals surface area contributed by atoms with E-state index in [4.69, 9.17) is 14.7 Å². The molecule has 0 bridgehead atoms. The Labute approximate surface area is 121 Å². The summed E-state index contributed by atoms with van der Waals surface area (Å²) < 4.78 is 10.4. The van der Waals surface area contributed by atoms with Crippen molar-refractivity contribution in [3.63, 3.8) is 0 Å². The third-order valence-electron chi connectivity index (χ3n) is 3.12. The lowest BCUT2D eigenvalue weighted by Gasteiger charge is -2.25. The van der Waals surface area contributed by atoms with Gasteiger partial charge in [0.15, 0.2) is 11.5 Å². The molecule has 2 rings (SSSR count). The third kappa shape index (κ3) is 2.48. The van der Waals surface area contributed by atoms with Crippen molar-refractivity contribution in [2.75, 3.05) is 14.2 Å². The highest BCUT2D eigenvalue weighted by Gasteiger charge is 2.33. The molecule has 1 aromatic heterocycles. The second kappa shape index (κ2) is 5.95. The Morgan fingerprint density at radius 2 is 2.00 bits per heavy atom. The van der Waals surface area contributed by atoms with Crippen molar-refractivity contribution in [1.82, 2.24) is 0 Å². The topological polar surface area (TPSA) is 62.5 Å². The maximum absolute atomic E-state index is 10.9. The van der Waals surface area contributed by atoms with Crippen molar-refractivity contribution < 1.29 is 14.6 Å². The molecule has 2 aromatic rings. The van der Waals surface area contributed by atoms with Gasteiger partial charge in [0.2, 0.25) is 0 Å². The SMILES string of the molecule is COc1ccc(C(O)(CC#N)c2cccs2)cc1OC. The van der Waals surface area contributed by atoms with Gasteiger partial charge in [-0.15, -0.1) is 11.3 Å². The first kappa shape index (κ1) is 14.4. The first-order valence-corrected chi connectivity index (χ1v) is 6.89. The standard InChI is InChI=1S/C15H15NO3S/c1-18-12-6-5-11(10-13(12)19-2)15(17,7-8-16)14-4-3-9-20-14/h3-6,9-10,17H,7H2,1-2H3. The highest BCUT2D eigenvalue weighted by Crippen LogP contribution is 2.39. The van der Waals surface area contributed by atoms with Gasteiger partial charge in [0.25, 0.3) is 0 Å². The molecular weight excluding hydrogens is 274 g/mol. The van der Waals surface area contributed by atoms with Crippen LogP contribution in [0.25, 0.3) is 0 Å². The summed E-state index contributed by atoms with van der Waals surface area (Å²) in [6.07, 6.45) is -0.0248. The van der Waals surface area contributed by atoms with Crippen LogP contribution in [0.3, 0.4) is 0 Å². The highest BCUT2D eigenvalue weighted by molar-refractivity contribution is 7.10. The molecule has 0 radical (unpaired) electrons. The molecule has 0 aliphatic heterocycles. The zero-order chi connectivity index (χ0) is 14.6. The second-order valence-corrected chi connectivity index (χ2v) is 5.19. The van der Waals surface area contributed by atoms with Crippen LogP contribution in [0.1, 0.15) is 16.9 Å². The van der Waals surface area contributed by atoms with E-state index in [9.17, 15) is 5.11 Å². The minimum atomic E-state index is -1.33. The number of ether oxygens (including phenoxy) is 2. The molecule has 0 aliphatic rings. The Kier molecular flexibility index (Phi) is 4.28. The van der Waals surface area contributed by atoms with Gasteiger partial charge in [0.1, 0.15) is 5.60 Å². The van der Waals surface area contributed by atoms with Gasteiger partial charge in [0, 0.05) is 4.88 Å². The number of hydrogen-bond donors (Lipinski definition) is 1. The largest absolute Gasteiger partial charge is 0.493 e. The molecule has 1 heterocycles. The summed E-state index contributed by atoms with van der Waals surface area (Å²) in [5.74, 6) is 1.11. The number of hydrogen-bond acceptors (Lipinski definition) is 5. The molecular formula is C15H15NO3S. The average molecular weight is 289 g/mol. The van der Waals surface area contributed by atoms with Gasteiger partial charge in [-0.05, 0) is 29.1 Å². The maximum Gasteiger partial charge on any atom is 0.161 e. The molecule has 1 unspecified atom stereocenters. The summed E-state index contributed by atoms with van der Waals surface area (Å²) in [6, 6.07) is 10.9. The number of thiophene rings is 1. The van der Waals surface area contributed by atoms with Gasteiger partial charge in [-0.25, -0.2) is 0 Å². The van der Waals surface area contributed by atoms with Crippen LogP contribution < -0.4 is 9.47 Å². The molecule has 0 amide bonds. The summed E-state index contributed by atoms with van der Waals surface area (Å²) >= 11 is 1.41. The van der Waals surface area contributed by atoms with Gasteiger partial charge >= 0.3 is 0 Å². The molecule has 0 fully saturated rings. The molecule has 0 saturated heterocycles. The summed E-state index contributed by atoms with van der Waals surface area (Å²) in [5.41, 5.74) is -0.721. The van der Waals surface area contributed by atoms with E-state index in [0.29, 0.717) is 17.1 Å². The molecule has 1 aromatic carbocycles. The van der Waals surface area contributed by atoms with E-state index in [0.717, 1.165) is 4.88 Å². The van der Waals surface area contributed by atoms with Crippen LogP contribution in [0.2, 0.25) is 0 Å². The lowest BCUT2D eigenvalue weighted by molar-refractivity contribution is 0.0895. The smallest absolute Gasteiger partial charge is 0.161 e. The van der Waals surface area contributed by atoms with Gasteiger partial charge in [-0.3, -0.25) is 0 Å². The van der Waals surface area contributed by atoms with Gasteiger partial charge < -0.3 is 14.6 Å². The molecule has 0 spiro atoms.